The second-order valence-corrected chi connectivity index (χ2v) is 6.08. The lowest BCUT2D eigenvalue weighted by Crippen LogP contribution is -2.39. The Bertz CT molecular complexity index is 567. The van der Waals surface area contributed by atoms with E-state index in [0.717, 1.165) is 0 Å². The number of methoxy groups -OCH3 is 2. The summed E-state index contributed by atoms with van der Waals surface area (Å²) in [4.78, 5) is 23.7. The summed E-state index contributed by atoms with van der Waals surface area (Å²) in [6.07, 6.45) is 0. The van der Waals surface area contributed by atoms with Gasteiger partial charge < -0.3 is 20.1 Å². The summed E-state index contributed by atoms with van der Waals surface area (Å²) < 4.78 is 10.3. The van der Waals surface area contributed by atoms with Gasteiger partial charge in [0.25, 0.3) is 0 Å². The predicted molar refractivity (Wildman–Crippen MR) is 85.7 cm³/mol. The molecule has 6 nitrogen and oxygen atoms in total. The largest absolute Gasteiger partial charge is 0.495 e. The van der Waals surface area contributed by atoms with Gasteiger partial charge in [0.1, 0.15) is 11.5 Å². The summed E-state index contributed by atoms with van der Waals surface area (Å²) >= 11 is 6.00. The topological polar surface area (TPSA) is 76.7 Å². The molecule has 0 heterocycles. The van der Waals surface area contributed by atoms with E-state index in [1.807, 2.05) is 0 Å². The van der Waals surface area contributed by atoms with Gasteiger partial charge in [-0.3, -0.25) is 9.59 Å². The molecule has 0 aliphatic heterocycles. The van der Waals surface area contributed by atoms with Crippen LogP contribution in [0.15, 0.2) is 12.1 Å². The van der Waals surface area contributed by atoms with Crippen LogP contribution in [0.3, 0.4) is 0 Å². The number of benzene rings is 1. The fourth-order valence-electron chi connectivity index (χ4n) is 1.58. The van der Waals surface area contributed by atoms with Crippen molar-refractivity contribution in [2.24, 2.45) is 5.41 Å². The summed E-state index contributed by atoms with van der Waals surface area (Å²) in [5.74, 6) is 0.237. The molecular formula is C15H21ClN2O4. The van der Waals surface area contributed by atoms with E-state index in [1.165, 1.54) is 14.2 Å². The van der Waals surface area contributed by atoms with Gasteiger partial charge >= 0.3 is 0 Å². The number of ether oxygens (including phenoxy) is 2. The lowest BCUT2D eigenvalue weighted by atomic mass is 9.96. The van der Waals surface area contributed by atoms with Crippen LogP contribution in [0.4, 0.5) is 5.69 Å². The van der Waals surface area contributed by atoms with Crippen molar-refractivity contribution in [1.29, 1.82) is 0 Å². The molecule has 7 heteroatoms. The maximum Gasteiger partial charge on any atom is 0.243 e. The SMILES string of the molecule is COc1cc(NC(=O)CNC(=O)C(C)(C)C)c(OC)cc1Cl. The van der Waals surface area contributed by atoms with Gasteiger partial charge in [-0.25, -0.2) is 0 Å². The minimum atomic E-state index is -0.554. The molecule has 0 radical (unpaired) electrons. The standard InChI is InChI=1S/C15H21ClN2O4/c1-15(2,3)14(20)17-8-13(19)18-10-7-11(21-4)9(16)6-12(10)22-5/h6-7H,8H2,1-5H3,(H,17,20)(H,18,19). The fourth-order valence-corrected chi connectivity index (χ4v) is 1.81. The van der Waals surface area contributed by atoms with E-state index in [0.29, 0.717) is 22.2 Å². The highest BCUT2D eigenvalue weighted by atomic mass is 35.5. The van der Waals surface area contributed by atoms with Crippen LogP contribution in [0.5, 0.6) is 11.5 Å². The van der Waals surface area contributed by atoms with Gasteiger partial charge in [-0.1, -0.05) is 32.4 Å². The van der Waals surface area contributed by atoms with E-state index >= 15 is 0 Å². The molecule has 0 aliphatic carbocycles. The van der Waals surface area contributed by atoms with E-state index in [-0.39, 0.29) is 18.4 Å². The van der Waals surface area contributed by atoms with Crippen molar-refractivity contribution in [1.82, 2.24) is 5.32 Å². The number of amides is 2. The Labute approximate surface area is 135 Å². The molecule has 0 unspecified atom stereocenters. The third kappa shape index (κ3) is 4.80. The van der Waals surface area contributed by atoms with Gasteiger partial charge in [-0.05, 0) is 0 Å². The van der Waals surface area contributed by atoms with E-state index in [1.54, 1.807) is 32.9 Å². The van der Waals surface area contributed by atoms with Crippen molar-refractivity contribution < 1.29 is 19.1 Å². The first kappa shape index (κ1) is 18.1. The van der Waals surface area contributed by atoms with Gasteiger partial charge in [-0.15, -0.1) is 0 Å². The highest BCUT2D eigenvalue weighted by Crippen LogP contribution is 2.35. The molecule has 0 aromatic heterocycles. The number of halogens is 1. The van der Waals surface area contributed by atoms with Crippen molar-refractivity contribution in [3.8, 4) is 11.5 Å². The van der Waals surface area contributed by atoms with Crippen LogP contribution in [0.25, 0.3) is 0 Å². The Morgan fingerprint density at radius 3 is 2.23 bits per heavy atom. The molecule has 0 saturated heterocycles. The number of hydrogen-bond acceptors (Lipinski definition) is 4. The van der Waals surface area contributed by atoms with Crippen LogP contribution in [0, 0.1) is 5.41 Å². The average molecular weight is 329 g/mol. The first-order valence-corrected chi connectivity index (χ1v) is 7.06. The lowest BCUT2D eigenvalue weighted by Gasteiger charge is -2.18. The minimum absolute atomic E-state index is 0.135. The Morgan fingerprint density at radius 2 is 1.73 bits per heavy atom. The lowest BCUT2D eigenvalue weighted by molar-refractivity contribution is -0.130. The molecule has 0 bridgehead atoms. The molecule has 0 fully saturated rings. The van der Waals surface area contributed by atoms with E-state index in [9.17, 15) is 9.59 Å². The fraction of sp³-hybridized carbons (Fsp3) is 0.467. The van der Waals surface area contributed by atoms with Gasteiger partial charge in [-0.2, -0.15) is 0 Å². The zero-order valence-electron chi connectivity index (χ0n) is 13.4. The van der Waals surface area contributed by atoms with E-state index in [4.69, 9.17) is 21.1 Å². The molecular weight excluding hydrogens is 308 g/mol. The minimum Gasteiger partial charge on any atom is -0.495 e. The Kier molecular flexibility index (Phi) is 6.05. The Balaban J connectivity index is 2.78. The monoisotopic (exact) mass is 328 g/mol. The predicted octanol–water partition coefficient (Wildman–Crippen LogP) is 2.46. The van der Waals surface area contributed by atoms with Crippen LogP contribution in [0.1, 0.15) is 20.8 Å². The third-order valence-electron chi connectivity index (χ3n) is 2.84. The van der Waals surface area contributed by atoms with Gasteiger partial charge in [0, 0.05) is 17.5 Å². The summed E-state index contributed by atoms with van der Waals surface area (Å²) in [6.45, 7) is 5.18. The van der Waals surface area contributed by atoms with Crippen molar-refractivity contribution in [2.45, 2.75) is 20.8 Å². The molecule has 22 heavy (non-hydrogen) atoms. The van der Waals surface area contributed by atoms with Crippen molar-refractivity contribution in [3.63, 3.8) is 0 Å². The van der Waals surface area contributed by atoms with Gasteiger partial charge in [0.2, 0.25) is 11.8 Å². The molecule has 1 aromatic carbocycles. The van der Waals surface area contributed by atoms with Crippen LogP contribution in [-0.2, 0) is 9.59 Å². The average Bonchev–Trinajstić information content (AvgIpc) is 2.44. The third-order valence-corrected chi connectivity index (χ3v) is 3.13. The molecule has 2 amide bonds. The smallest absolute Gasteiger partial charge is 0.243 e. The van der Waals surface area contributed by atoms with Crippen molar-refractivity contribution in [3.05, 3.63) is 17.2 Å². The molecule has 0 aliphatic rings. The number of carbonyl (C=O) groups is 2. The molecule has 0 atom stereocenters. The summed E-state index contributed by atoms with van der Waals surface area (Å²) in [5.41, 5.74) is -0.139. The van der Waals surface area contributed by atoms with Gasteiger partial charge in [0.15, 0.2) is 0 Å². The summed E-state index contributed by atoms with van der Waals surface area (Å²) in [6, 6.07) is 3.11. The highest BCUT2D eigenvalue weighted by molar-refractivity contribution is 6.32. The first-order valence-electron chi connectivity index (χ1n) is 6.68. The number of anilines is 1. The Morgan fingerprint density at radius 1 is 1.14 bits per heavy atom. The number of carbonyl (C=O) groups excluding carboxylic acids is 2. The number of nitrogens with one attached hydrogen (secondary N) is 2. The Hall–Kier alpha value is -1.95. The number of hydrogen-bond donors (Lipinski definition) is 2. The quantitative estimate of drug-likeness (QED) is 0.870. The normalized spacial score (nSPS) is 10.8. The molecule has 122 valence electrons. The molecule has 1 aromatic rings. The molecule has 1 rings (SSSR count). The van der Waals surface area contributed by atoms with Crippen molar-refractivity contribution >= 4 is 29.1 Å². The first-order chi connectivity index (χ1) is 10.2. The second kappa shape index (κ2) is 7.35. The summed E-state index contributed by atoms with van der Waals surface area (Å²) in [5, 5.41) is 5.60. The zero-order chi connectivity index (χ0) is 16.9. The van der Waals surface area contributed by atoms with Crippen LogP contribution in [-0.4, -0.2) is 32.6 Å². The van der Waals surface area contributed by atoms with E-state index < -0.39 is 5.41 Å². The van der Waals surface area contributed by atoms with Crippen LogP contribution >= 0.6 is 11.6 Å². The van der Waals surface area contributed by atoms with Crippen LogP contribution < -0.4 is 20.1 Å². The van der Waals surface area contributed by atoms with Crippen LogP contribution in [0.2, 0.25) is 5.02 Å². The summed E-state index contributed by atoms with van der Waals surface area (Å²) in [7, 11) is 2.94. The van der Waals surface area contributed by atoms with Gasteiger partial charge in [0.05, 0.1) is 31.5 Å². The molecule has 0 saturated carbocycles. The van der Waals surface area contributed by atoms with E-state index in [2.05, 4.69) is 10.6 Å². The maximum atomic E-state index is 11.9. The second-order valence-electron chi connectivity index (χ2n) is 5.67. The highest BCUT2D eigenvalue weighted by Gasteiger charge is 2.21. The molecule has 0 spiro atoms. The maximum absolute atomic E-state index is 11.9. The number of rotatable bonds is 5. The zero-order valence-corrected chi connectivity index (χ0v) is 14.1. The van der Waals surface area contributed by atoms with Crippen molar-refractivity contribution in [2.75, 3.05) is 26.1 Å². The molecule has 2 N–H and O–H groups in total.